The lowest BCUT2D eigenvalue weighted by molar-refractivity contribution is -0.131. The number of rotatable bonds is 5. The maximum atomic E-state index is 13.0. The first-order valence-electron chi connectivity index (χ1n) is 8.95. The van der Waals surface area contributed by atoms with Gasteiger partial charge in [-0.2, -0.15) is 5.10 Å². The van der Waals surface area contributed by atoms with Crippen molar-refractivity contribution in [2.75, 3.05) is 19.8 Å². The van der Waals surface area contributed by atoms with E-state index in [2.05, 4.69) is 5.10 Å². The maximum Gasteiger partial charge on any atom is 0.274 e. The molecule has 1 amide bonds. The summed E-state index contributed by atoms with van der Waals surface area (Å²) < 4.78 is 6.78. The zero-order chi connectivity index (χ0) is 17.4. The molecule has 0 bridgehead atoms. The number of fused-ring (bicyclic) bond motifs is 1. The zero-order valence-electron chi connectivity index (χ0n) is 14.5. The topological polar surface area (TPSA) is 64.4 Å². The molecule has 6 heteroatoms. The number of hydrogen-bond acceptors (Lipinski definition) is 4. The van der Waals surface area contributed by atoms with Gasteiger partial charge in [0, 0.05) is 37.5 Å². The third-order valence-corrected chi connectivity index (χ3v) is 5.14. The summed E-state index contributed by atoms with van der Waals surface area (Å²) >= 11 is 0. The minimum absolute atomic E-state index is 0.103. The fourth-order valence-electron chi connectivity index (χ4n) is 3.60. The van der Waals surface area contributed by atoms with Gasteiger partial charge in [0.15, 0.2) is 0 Å². The maximum absolute atomic E-state index is 13.0. The highest BCUT2D eigenvalue weighted by Crippen LogP contribution is 2.30. The van der Waals surface area contributed by atoms with Gasteiger partial charge in [-0.3, -0.25) is 9.59 Å². The van der Waals surface area contributed by atoms with Crippen molar-refractivity contribution in [1.29, 1.82) is 0 Å². The fourth-order valence-corrected chi connectivity index (χ4v) is 3.60. The van der Waals surface area contributed by atoms with Crippen LogP contribution in [0.2, 0.25) is 0 Å². The van der Waals surface area contributed by atoms with Crippen molar-refractivity contribution in [2.24, 2.45) is 13.0 Å². The highest BCUT2D eigenvalue weighted by atomic mass is 16.5. The molecular weight excluding hydrogens is 318 g/mol. The van der Waals surface area contributed by atoms with E-state index >= 15 is 0 Å². The molecule has 1 aliphatic heterocycles. The third-order valence-electron chi connectivity index (χ3n) is 5.14. The molecule has 0 N–H and O–H groups in total. The van der Waals surface area contributed by atoms with Crippen LogP contribution in [0.4, 0.5) is 0 Å². The molecular formula is C19H23N3O3. The van der Waals surface area contributed by atoms with Gasteiger partial charge in [0.2, 0.25) is 5.91 Å². The van der Waals surface area contributed by atoms with Crippen LogP contribution in [-0.4, -0.2) is 46.4 Å². The largest absolute Gasteiger partial charge is 0.381 e. The van der Waals surface area contributed by atoms with Gasteiger partial charge < -0.3 is 9.64 Å². The molecule has 1 saturated heterocycles. The van der Waals surface area contributed by atoms with Crippen LogP contribution in [0.1, 0.15) is 25.0 Å². The average molecular weight is 341 g/mol. The molecule has 2 aliphatic rings. The molecule has 1 saturated carbocycles. The number of hydrogen-bond donors (Lipinski definition) is 0. The van der Waals surface area contributed by atoms with E-state index in [4.69, 9.17) is 4.74 Å². The standard InChI is InChI=1S/C19H23N3O3/c1-21-19(24)16-5-3-2-4-15(16)17(20-21)10-18(23)22(14-6-7-14)11-13-8-9-25-12-13/h2-5,13-14H,6-12H2,1H3. The van der Waals surface area contributed by atoms with Crippen molar-refractivity contribution in [3.8, 4) is 0 Å². The summed E-state index contributed by atoms with van der Waals surface area (Å²) in [5, 5.41) is 5.76. The van der Waals surface area contributed by atoms with E-state index in [0.29, 0.717) is 23.0 Å². The lowest BCUT2D eigenvalue weighted by Gasteiger charge is -2.25. The van der Waals surface area contributed by atoms with E-state index in [1.54, 1.807) is 13.1 Å². The molecule has 2 aromatic rings. The molecule has 1 unspecified atom stereocenters. The van der Waals surface area contributed by atoms with Crippen LogP contribution < -0.4 is 5.56 Å². The minimum Gasteiger partial charge on any atom is -0.381 e. The number of carbonyl (C=O) groups excluding carboxylic acids is 1. The van der Waals surface area contributed by atoms with Crippen molar-refractivity contribution < 1.29 is 9.53 Å². The number of carbonyl (C=O) groups is 1. The molecule has 132 valence electrons. The van der Waals surface area contributed by atoms with Crippen LogP contribution in [0.15, 0.2) is 29.1 Å². The van der Waals surface area contributed by atoms with Gasteiger partial charge in [0.1, 0.15) is 0 Å². The number of nitrogens with zero attached hydrogens (tertiary/aromatic N) is 3. The van der Waals surface area contributed by atoms with E-state index in [-0.39, 0.29) is 17.9 Å². The lowest BCUT2D eigenvalue weighted by Crippen LogP contribution is -2.39. The smallest absolute Gasteiger partial charge is 0.274 e. The Balaban J connectivity index is 1.60. The second-order valence-electron chi connectivity index (χ2n) is 7.10. The number of aryl methyl sites for hydroxylation is 1. The fraction of sp³-hybridized carbons (Fsp3) is 0.526. The molecule has 1 aromatic heterocycles. The first-order valence-corrected chi connectivity index (χ1v) is 8.95. The van der Waals surface area contributed by atoms with Crippen molar-refractivity contribution in [2.45, 2.75) is 31.7 Å². The van der Waals surface area contributed by atoms with Crippen LogP contribution in [0.25, 0.3) is 10.8 Å². The van der Waals surface area contributed by atoms with Gasteiger partial charge in [-0.15, -0.1) is 0 Å². The van der Waals surface area contributed by atoms with Gasteiger partial charge in [-0.1, -0.05) is 18.2 Å². The van der Waals surface area contributed by atoms with Crippen LogP contribution in [0, 0.1) is 5.92 Å². The molecule has 2 fully saturated rings. The molecule has 1 atom stereocenters. The van der Waals surface area contributed by atoms with Gasteiger partial charge >= 0.3 is 0 Å². The summed E-state index contributed by atoms with van der Waals surface area (Å²) in [5.41, 5.74) is 0.546. The van der Waals surface area contributed by atoms with Gasteiger partial charge in [-0.05, 0) is 25.3 Å². The molecule has 2 heterocycles. The van der Waals surface area contributed by atoms with Gasteiger partial charge in [0.25, 0.3) is 5.56 Å². The summed E-state index contributed by atoms with van der Waals surface area (Å²) in [4.78, 5) is 27.2. The Morgan fingerprint density at radius 2 is 2.04 bits per heavy atom. The first kappa shape index (κ1) is 16.3. The zero-order valence-corrected chi connectivity index (χ0v) is 14.5. The Morgan fingerprint density at radius 3 is 2.72 bits per heavy atom. The van der Waals surface area contributed by atoms with E-state index < -0.39 is 0 Å². The Hall–Kier alpha value is -2.21. The predicted octanol–water partition coefficient (Wildman–Crippen LogP) is 1.50. The molecule has 0 radical (unpaired) electrons. The summed E-state index contributed by atoms with van der Waals surface area (Å²) in [6.45, 7) is 2.31. The van der Waals surface area contributed by atoms with E-state index in [1.165, 1.54) is 4.68 Å². The number of ether oxygens (including phenoxy) is 1. The SMILES string of the molecule is Cn1nc(CC(=O)N(CC2CCOC2)C2CC2)c2ccccc2c1=O. The highest BCUT2D eigenvalue weighted by molar-refractivity contribution is 5.88. The Labute approximate surface area is 146 Å². The summed E-state index contributed by atoms with van der Waals surface area (Å²) in [6.07, 6.45) is 3.43. The second kappa shape index (κ2) is 6.59. The van der Waals surface area contributed by atoms with Crippen LogP contribution in [0.5, 0.6) is 0 Å². The van der Waals surface area contributed by atoms with Crippen molar-refractivity contribution in [3.63, 3.8) is 0 Å². The molecule has 1 aromatic carbocycles. The third kappa shape index (κ3) is 3.31. The van der Waals surface area contributed by atoms with Gasteiger partial charge in [0.05, 0.1) is 24.1 Å². The Morgan fingerprint density at radius 1 is 1.28 bits per heavy atom. The second-order valence-corrected chi connectivity index (χ2v) is 7.10. The normalized spacial score (nSPS) is 20.1. The summed E-state index contributed by atoms with van der Waals surface area (Å²) in [7, 11) is 1.64. The predicted molar refractivity (Wildman–Crippen MR) is 94.3 cm³/mol. The van der Waals surface area contributed by atoms with Crippen LogP contribution in [0.3, 0.4) is 0 Å². The first-order chi connectivity index (χ1) is 12.1. The number of amides is 1. The molecule has 4 rings (SSSR count). The molecule has 1 aliphatic carbocycles. The van der Waals surface area contributed by atoms with E-state index in [1.807, 2.05) is 23.1 Å². The molecule has 25 heavy (non-hydrogen) atoms. The van der Waals surface area contributed by atoms with Crippen molar-refractivity contribution in [1.82, 2.24) is 14.7 Å². The van der Waals surface area contributed by atoms with Crippen molar-refractivity contribution >= 4 is 16.7 Å². The number of aromatic nitrogens is 2. The van der Waals surface area contributed by atoms with Crippen LogP contribution in [-0.2, 0) is 23.0 Å². The number of benzene rings is 1. The monoisotopic (exact) mass is 341 g/mol. The lowest BCUT2D eigenvalue weighted by atomic mass is 10.1. The van der Waals surface area contributed by atoms with E-state index in [0.717, 1.165) is 44.4 Å². The summed E-state index contributed by atoms with van der Waals surface area (Å²) in [6, 6.07) is 7.75. The van der Waals surface area contributed by atoms with Crippen molar-refractivity contribution in [3.05, 3.63) is 40.3 Å². The Kier molecular flexibility index (Phi) is 4.29. The quantitative estimate of drug-likeness (QED) is 0.827. The van der Waals surface area contributed by atoms with Crippen LogP contribution >= 0.6 is 0 Å². The average Bonchev–Trinajstić information content (AvgIpc) is 3.33. The molecule has 0 spiro atoms. The molecule has 6 nitrogen and oxygen atoms in total. The Bertz CT molecular complexity index is 851. The van der Waals surface area contributed by atoms with Gasteiger partial charge in [-0.25, -0.2) is 4.68 Å². The highest BCUT2D eigenvalue weighted by Gasteiger charge is 2.35. The van der Waals surface area contributed by atoms with E-state index in [9.17, 15) is 9.59 Å². The minimum atomic E-state index is -0.131. The summed E-state index contributed by atoms with van der Waals surface area (Å²) in [5.74, 6) is 0.542.